The average Bonchev–Trinajstić information content (AvgIpc) is 2.33. The molecule has 1 aliphatic rings. The first-order valence-corrected chi connectivity index (χ1v) is 9.11. The molecule has 0 fully saturated rings. The van der Waals surface area contributed by atoms with Crippen molar-refractivity contribution in [2.75, 3.05) is 36.7 Å². The van der Waals surface area contributed by atoms with Crippen molar-refractivity contribution in [3.8, 4) is 11.5 Å². The van der Waals surface area contributed by atoms with Gasteiger partial charge in [-0.15, -0.1) is 0 Å². The third-order valence-electron chi connectivity index (χ3n) is 2.66. The maximum atomic E-state index is 11.0. The van der Waals surface area contributed by atoms with Crippen LogP contribution >= 0.6 is 11.8 Å². The van der Waals surface area contributed by atoms with Gasteiger partial charge < -0.3 is 15.2 Å². The van der Waals surface area contributed by atoms with Crippen molar-refractivity contribution >= 4 is 27.3 Å². The molecule has 5 nitrogen and oxygen atoms in total. The second-order valence-electron chi connectivity index (χ2n) is 4.38. The Morgan fingerprint density at radius 3 is 2.53 bits per heavy atom. The topological polar surface area (TPSA) is 78.6 Å². The van der Waals surface area contributed by atoms with Crippen molar-refractivity contribution in [3.05, 3.63) is 17.7 Å². The predicted molar refractivity (Wildman–Crippen MR) is 77.7 cm³/mol. The number of thioether (sulfide) groups is 1. The Balaban J connectivity index is 1.97. The molecule has 0 radical (unpaired) electrons. The average molecular weight is 303 g/mol. The number of ether oxygens (including phenoxy) is 2. The Morgan fingerprint density at radius 2 is 1.89 bits per heavy atom. The fourth-order valence-corrected chi connectivity index (χ4v) is 3.96. The van der Waals surface area contributed by atoms with Crippen LogP contribution in [0.15, 0.2) is 12.1 Å². The molecule has 0 atom stereocenters. The lowest BCUT2D eigenvalue weighted by Crippen LogP contribution is -2.16. The summed E-state index contributed by atoms with van der Waals surface area (Å²) in [6.07, 6.45) is 1.24. The van der Waals surface area contributed by atoms with Crippen LogP contribution in [0, 0.1) is 0 Å². The lowest BCUT2D eigenvalue weighted by atomic mass is 10.2. The summed E-state index contributed by atoms with van der Waals surface area (Å²) in [5.41, 5.74) is 7.54. The number of nitrogen functional groups attached to an aromatic ring is 1. The second-order valence-corrected chi connectivity index (χ2v) is 7.74. The van der Waals surface area contributed by atoms with Crippen LogP contribution in [0.5, 0.6) is 11.5 Å². The lowest BCUT2D eigenvalue weighted by Gasteiger charge is -2.20. The van der Waals surface area contributed by atoms with E-state index in [1.54, 1.807) is 17.8 Å². The van der Waals surface area contributed by atoms with Gasteiger partial charge in [0.2, 0.25) is 0 Å². The first kappa shape index (κ1) is 14.3. The van der Waals surface area contributed by atoms with Gasteiger partial charge in [0.15, 0.2) is 11.5 Å². The van der Waals surface area contributed by atoms with Crippen molar-refractivity contribution in [2.24, 2.45) is 0 Å². The highest BCUT2D eigenvalue weighted by molar-refractivity contribution is 7.99. The van der Waals surface area contributed by atoms with E-state index >= 15 is 0 Å². The van der Waals surface area contributed by atoms with E-state index in [0.717, 1.165) is 5.56 Å². The standard InChI is InChI=1S/C12H17NO4S2/c1-19(14,15)5-4-18-8-9-6-11-12(7-10(9)13)17-3-2-16-11/h6-7H,2-5,8,13H2,1H3. The Kier molecular flexibility index (Phi) is 4.46. The van der Waals surface area contributed by atoms with Crippen LogP contribution in [-0.4, -0.2) is 39.4 Å². The first-order chi connectivity index (χ1) is 8.96. The number of fused-ring (bicyclic) bond motifs is 1. The van der Waals surface area contributed by atoms with Crippen LogP contribution < -0.4 is 15.2 Å². The van der Waals surface area contributed by atoms with Gasteiger partial charge in [0.25, 0.3) is 0 Å². The van der Waals surface area contributed by atoms with E-state index < -0.39 is 9.84 Å². The molecular weight excluding hydrogens is 286 g/mol. The molecule has 0 unspecified atom stereocenters. The van der Waals surface area contributed by atoms with Crippen LogP contribution in [-0.2, 0) is 15.6 Å². The molecule has 0 saturated heterocycles. The molecule has 0 amide bonds. The van der Waals surface area contributed by atoms with Crippen LogP contribution in [0.25, 0.3) is 0 Å². The Morgan fingerprint density at radius 1 is 1.26 bits per heavy atom. The molecule has 2 rings (SSSR count). The van der Waals surface area contributed by atoms with Crippen molar-refractivity contribution in [1.82, 2.24) is 0 Å². The molecule has 0 saturated carbocycles. The monoisotopic (exact) mass is 303 g/mol. The molecular formula is C12H17NO4S2. The summed E-state index contributed by atoms with van der Waals surface area (Å²) in [7, 11) is -2.90. The highest BCUT2D eigenvalue weighted by atomic mass is 32.2. The van der Waals surface area contributed by atoms with Crippen LogP contribution in [0.4, 0.5) is 5.69 Å². The Hall–Kier alpha value is -1.08. The number of hydrogen-bond acceptors (Lipinski definition) is 6. The van der Waals surface area contributed by atoms with E-state index in [1.807, 2.05) is 6.07 Å². The predicted octanol–water partition coefficient (Wildman–Crippen LogP) is 1.32. The summed E-state index contributed by atoms with van der Waals surface area (Å²) in [5.74, 6) is 2.79. The number of sulfone groups is 1. The van der Waals surface area contributed by atoms with E-state index in [4.69, 9.17) is 15.2 Å². The minimum atomic E-state index is -2.90. The molecule has 19 heavy (non-hydrogen) atoms. The second kappa shape index (κ2) is 5.92. The number of rotatable bonds is 5. The summed E-state index contributed by atoms with van der Waals surface area (Å²) in [6, 6.07) is 3.64. The fourth-order valence-electron chi connectivity index (χ4n) is 1.66. The number of benzene rings is 1. The fraction of sp³-hybridized carbons (Fsp3) is 0.500. The molecule has 0 aromatic heterocycles. The zero-order chi connectivity index (χ0) is 13.9. The molecule has 0 bridgehead atoms. The number of hydrogen-bond donors (Lipinski definition) is 1. The van der Waals surface area contributed by atoms with Gasteiger partial charge in [-0.1, -0.05) is 0 Å². The number of anilines is 1. The van der Waals surface area contributed by atoms with Gasteiger partial charge in [-0.2, -0.15) is 11.8 Å². The normalized spacial score (nSPS) is 14.4. The summed E-state index contributed by atoms with van der Waals surface area (Å²) < 4.78 is 33.0. The van der Waals surface area contributed by atoms with Gasteiger partial charge in [-0.3, -0.25) is 0 Å². The SMILES string of the molecule is CS(=O)(=O)CCSCc1cc2c(cc1N)OCCO2. The molecule has 106 valence electrons. The lowest BCUT2D eigenvalue weighted by molar-refractivity contribution is 0.171. The van der Waals surface area contributed by atoms with Crippen molar-refractivity contribution in [3.63, 3.8) is 0 Å². The van der Waals surface area contributed by atoms with Crippen molar-refractivity contribution in [2.45, 2.75) is 5.75 Å². The summed E-state index contributed by atoms with van der Waals surface area (Å²) in [6.45, 7) is 1.08. The smallest absolute Gasteiger partial charge is 0.163 e. The molecule has 7 heteroatoms. The zero-order valence-electron chi connectivity index (χ0n) is 10.7. The summed E-state index contributed by atoms with van der Waals surface area (Å²) >= 11 is 1.54. The molecule has 2 N–H and O–H groups in total. The summed E-state index contributed by atoms with van der Waals surface area (Å²) in [4.78, 5) is 0. The van der Waals surface area contributed by atoms with Crippen LogP contribution in [0.2, 0.25) is 0 Å². The molecule has 1 heterocycles. The van der Waals surface area contributed by atoms with Crippen molar-refractivity contribution in [1.29, 1.82) is 0 Å². The van der Waals surface area contributed by atoms with Gasteiger partial charge in [-0.25, -0.2) is 8.42 Å². The molecule has 1 aliphatic heterocycles. The van der Waals surface area contributed by atoms with Gasteiger partial charge >= 0.3 is 0 Å². The van der Waals surface area contributed by atoms with Gasteiger partial charge in [0.1, 0.15) is 23.1 Å². The van der Waals surface area contributed by atoms with Crippen molar-refractivity contribution < 1.29 is 17.9 Å². The maximum Gasteiger partial charge on any atom is 0.163 e. The first-order valence-electron chi connectivity index (χ1n) is 5.89. The highest BCUT2D eigenvalue weighted by Gasteiger charge is 2.14. The molecule has 0 aliphatic carbocycles. The van der Waals surface area contributed by atoms with Crippen LogP contribution in [0.3, 0.4) is 0 Å². The summed E-state index contributed by atoms with van der Waals surface area (Å²) in [5, 5.41) is 0. The largest absolute Gasteiger partial charge is 0.486 e. The highest BCUT2D eigenvalue weighted by Crippen LogP contribution is 2.35. The zero-order valence-corrected chi connectivity index (χ0v) is 12.4. The third-order valence-corrected chi connectivity index (χ3v) is 4.87. The van der Waals surface area contributed by atoms with E-state index in [2.05, 4.69) is 0 Å². The van der Waals surface area contributed by atoms with E-state index in [9.17, 15) is 8.42 Å². The molecule has 1 aromatic rings. The van der Waals surface area contributed by atoms with E-state index in [1.165, 1.54) is 6.26 Å². The maximum absolute atomic E-state index is 11.0. The van der Waals surface area contributed by atoms with Gasteiger partial charge in [0, 0.05) is 29.5 Å². The molecule has 0 spiro atoms. The Labute approximate surface area is 117 Å². The van der Waals surface area contributed by atoms with Gasteiger partial charge in [0.05, 0.1) is 5.75 Å². The number of nitrogens with two attached hydrogens (primary N) is 1. The van der Waals surface area contributed by atoms with E-state index in [0.29, 0.717) is 41.9 Å². The van der Waals surface area contributed by atoms with Gasteiger partial charge in [-0.05, 0) is 11.6 Å². The van der Waals surface area contributed by atoms with Crippen LogP contribution in [0.1, 0.15) is 5.56 Å². The molecule has 1 aromatic carbocycles. The Bertz CT molecular complexity index is 557. The third kappa shape index (κ3) is 4.21. The minimum absolute atomic E-state index is 0.183. The van der Waals surface area contributed by atoms with E-state index in [-0.39, 0.29) is 5.75 Å². The minimum Gasteiger partial charge on any atom is -0.486 e. The quantitative estimate of drug-likeness (QED) is 0.653.